The van der Waals surface area contributed by atoms with Crippen LogP contribution in [0, 0.1) is 6.07 Å². The van der Waals surface area contributed by atoms with Crippen molar-refractivity contribution in [3.05, 3.63) is 72.3 Å². The van der Waals surface area contributed by atoms with E-state index >= 15 is 0 Å². The second-order valence-electron chi connectivity index (χ2n) is 2.75. The minimum absolute atomic E-state index is 0. The molecule has 17 heavy (non-hydrogen) atoms. The van der Waals surface area contributed by atoms with E-state index in [1.165, 1.54) is 0 Å². The van der Waals surface area contributed by atoms with Gasteiger partial charge in [0, 0.05) is 32.7 Å². The molecule has 2 nitrogen and oxygen atoms in total. The van der Waals surface area contributed by atoms with Crippen molar-refractivity contribution in [3.8, 4) is 0 Å². The fourth-order valence-electron chi connectivity index (χ4n) is 0.923. The molecule has 0 fully saturated rings. The third-order valence-electron chi connectivity index (χ3n) is 1.63. The smallest absolute Gasteiger partial charge is 0 e. The summed E-state index contributed by atoms with van der Waals surface area (Å²) >= 11 is 0. The molecule has 0 unspecified atom stereocenters. The van der Waals surface area contributed by atoms with Crippen LogP contribution in [-0.2, 0) is 32.7 Å². The van der Waals surface area contributed by atoms with Crippen LogP contribution in [0.4, 0.5) is 0 Å². The van der Waals surface area contributed by atoms with Crippen LogP contribution in [0.25, 0.3) is 0 Å². The van der Waals surface area contributed by atoms with Gasteiger partial charge in [-0.3, -0.25) is 0 Å². The predicted molar refractivity (Wildman–Crippen MR) is 68.6 cm³/mol. The average Bonchev–Trinajstić information content (AvgIpc) is 2.33. The topological polar surface area (TPSA) is 37.3 Å². The largest absolute Gasteiger partial charge is 0.184 e. The molecule has 0 aromatic heterocycles. The van der Waals surface area contributed by atoms with E-state index in [-0.39, 0.29) is 58.6 Å². The molecule has 1 radical (unpaired) electrons. The fraction of sp³-hybridized carbons (Fsp3) is 0. The molecule has 85 valence electrons. The first-order valence-corrected chi connectivity index (χ1v) is 4.50. The third kappa shape index (κ3) is 9.57. The Bertz CT molecular complexity index is 366. The maximum Gasteiger partial charge on any atom is 0 e. The zero-order chi connectivity index (χ0) is 10.9. The van der Waals surface area contributed by atoms with E-state index in [4.69, 9.17) is 5.11 Å². The SMILES string of the molecule is O=C(O)c1ccccc1.[InH3].[Y].[c-]1ccccc1. The summed E-state index contributed by atoms with van der Waals surface area (Å²) < 4.78 is 0. The Hall–Kier alpha value is -0.116. The maximum absolute atomic E-state index is 10.2. The molecular formula is C13H14InO2Y-. The van der Waals surface area contributed by atoms with Gasteiger partial charge in [0.2, 0.25) is 0 Å². The summed E-state index contributed by atoms with van der Waals surface area (Å²) in [5.74, 6) is -0.879. The molecule has 0 atom stereocenters. The summed E-state index contributed by atoms with van der Waals surface area (Å²) in [4.78, 5) is 10.2. The molecule has 0 spiro atoms. The summed E-state index contributed by atoms with van der Waals surface area (Å²) in [7, 11) is 0. The zero-order valence-electron chi connectivity index (χ0n) is 8.71. The number of hydrogen-bond acceptors (Lipinski definition) is 1. The zero-order valence-corrected chi connectivity index (χ0v) is 11.5. The Morgan fingerprint density at radius 2 is 1.41 bits per heavy atom. The van der Waals surface area contributed by atoms with Gasteiger partial charge in [0.1, 0.15) is 0 Å². The summed E-state index contributed by atoms with van der Waals surface area (Å²) in [6.07, 6.45) is 0. The van der Waals surface area contributed by atoms with Gasteiger partial charge < -0.3 is 5.11 Å². The van der Waals surface area contributed by atoms with Gasteiger partial charge in [-0.1, -0.05) is 18.2 Å². The van der Waals surface area contributed by atoms with Gasteiger partial charge >= 0.3 is 31.8 Å². The van der Waals surface area contributed by atoms with E-state index in [1.54, 1.807) is 30.3 Å². The molecule has 0 aliphatic heterocycles. The molecule has 1 N–H and O–H groups in total. The van der Waals surface area contributed by atoms with Crippen molar-refractivity contribution in [2.75, 3.05) is 0 Å². The Morgan fingerprint density at radius 3 is 1.65 bits per heavy atom. The summed E-state index contributed by atoms with van der Waals surface area (Å²) in [5, 5.41) is 8.38. The van der Waals surface area contributed by atoms with E-state index in [0.717, 1.165) is 0 Å². The van der Waals surface area contributed by atoms with E-state index in [9.17, 15) is 4.79 Å². The van der Waals surface area contributed by atoms with Crippen molar-refractivity contribution >= 4 is 31.8 Å². The van der Waals surface area contributed by atoms with Crippen LogP contribution in [0.1, 0.15) is 10.4 Å². The van der Waals surface area contributed by atoms with Crippen LogP contribution in [0.3, 0.4) is 0 Å². The van der Waals surface area contributed by atoms with E-state index in [1.807, 2.05) is 30.3 Å². The molecule has 0 bridgehead atoms. The van der Waals surface area contributed by atoms with Gasteiger partial charge in [-0.05, 0) is 12.1 Å². The van der Waals surface area contributed by atoms with Crippen LogP contribution < -0.4 is 0 Å². The number of aromatic carboxylic acids is 1. The molecule has 2 aromatic rings. The van der Waals surface area contributed by atoms with E-state index in [0.29, 0.717) is 5.56 Å². The monoisotopic (exact) mass is 406 g/mol. The molecule has 0 saturated heterocycles. The summed E-state index contributed by atoms with van der Waals surface area (Å²) in [6, 6.07) is 20.8. The van der Waals surface area contributed by atoms with Gasteiger partial charge in [-0.25, -0.2) is 4.79 Å². The Kier molecular flexibility index (Phi) is 14.0. The van der Waals surface area contributed by atoms with Gasteiger partial charge in [-0.15, -0.1) is 0 Å². The maximum atomic E-state index is 10.2. The number of carboxylic acids is 1. The minimum Gasteiger partial charge on any atom is -0.184 e. The van der Waals surface area contributed by atoms with Gasteiger partial charge in [0.15, 0.2) is 0 Å². The molecule has 0 amide bonds. The van der Waals surface area contributed by atoms with Crippen molar-refractivity contribution in [1.29, 1.82) is 0 Å². The second-order valence-corrected chi connectivity index (χ2v) is 2.75. The van der Waals surface area contributed by atoms with Crippen LogP contribution >= 0.6 is 0 Å². The van der Waals surface area contributed by atoms with Gasteiger partial charge in [0.05, 0.1) is 5.56 Å². The van der Waals surface area contributed by atoms with Crippen LogP contribution in [0.5, 0.6) is 0 Å². The van der Waals surface area contributed by atoms with Crippen molar-refractivity contribution < 1.29 is 42.6 Å². The number of carbonyl (C=O) groups is 1. The molecular weight excluding hydrogens is 392 g/mol. The van der Waals surface area contributed by atoms with Crippen molar-refractivity contribution in [2.45, 2.75) is 0 Å². The Balaban J connectivity index is 0. The molecule has 0 saturated carbocycles. The first-order chi connectivity index (χ1) is 7.30. The second kappa shape index (κ2) is 12.3. The first kappa shape index (κ1) is 19.2. The molecule has 0 aliphatic carbocycles. The Morgan fingerprint density at radius 1 is 0.941 bits per heavy atom. The van der Waals surface area contributed by atoms with Crippen LogP contribution in [-0.4, -0.2) is 36.9 Å². The van der Waals surface area contributed by atoms with Crippen LogP contribution in [0.15, 0.2) is 60.7 Å². The molecule has 4 heteroatoms. The fourth-order valence-corrected chi connectivity index (χ4v) is 0.923. The Labute approximate surface area is 145 Å². The summed E-state index contributed by atoms with van der Waals surface area (Å²) in [5.41, 5.74) is 0.331. The molecule has 0 heterocycles. The van der Waals surface area contributed by atoms with Crippen molar-refractivity contribution in [3.63, 3.8) is 0 Å². The van der Waals surface area contributed by atoms with Crippen LogP contribution in [0.2, 0.25) is 0 Å². The third-order valence-corrected chi connectivity index (χ3v) is 1.63. The van der Waals surface area contributed by atoms with Gasteiger partial charge in [-0.2, -0.15) is 36.4 Å². The summed E-state index contributed by atoms with van der Waals surface area (Å²) in [6.45, 7) is 0. The van der Waals surface area contributed by atoms with Crippen molar-refractivity contribution in [1.82, 2.24) is 0 Å². The standard InChI is InChI=1S/C7H6O2.C6H5.In.Y.3H/c8-7(9)6-4-2-1-3-5-6;1-2-4-6-5-3-1;;;;;/h1-5H,(H,8,9);1-5H;;;;;/q;-1;;;;;. The molecule has 2 aromatic carbocycles. The van der Waals surface area contributed by atoms with Gasteiger partial charge in [0.25, 0.3) is 0 Å². The first-order valence-electron chi connectivity index (χ1n) is 4.50. The number of hydrogen-bond donors (Lipinski definition) is 1. The van der Waals surface area contributed by atoms with E-state index in [2.05, 4.69) is 6.07 Å². The average molecular weight is 406 g/mol. The molecule has 2 rings (SSSR count). The molecule has 0 aliphatic rings. The normalized spacial score (nSPS) is 7.53. The number of rotatable bonds is 1. The van der Waals surface area contributed by atoms with Crippen molar-refractivity contribution in [2.24, 2.45) is 0 Å². The number of benzene rings is 2. The van der Waals surface area contributed by atoms with E-state index < -0.39 is 5.97 Å². The number of carboxylic acid groups (broad SMARTS) is 1. The quantitative estimate of drug-likeness (QED) is 0.733. The predicted octanol–water partition coefficient (Wildman–Crippen LogP) is 1.69. The minimum atomic E-state index is -0.879.